The van der Waals surface area contributed by atoms with Gasteiger partial charge < -0.3 is 5.32 Å². The quantitative estimate of drug-likeness (QED) is 0.859. The molecule has 0 atom stereocenters. The number of halogens is 1. The fraction of sp³-hybridized carbons (Fsp3) is 0.556. The first-order valence-corrected chi connectivity index (χ1v) is 8.45. The van der Waals surface area contributed by atoms with Gasteiger partial charge in [0.2, 0.25) is 5.91 Å². The summed E-state index contributed by atoms with van der Waals surface area (Å²) >= 11 is 5.86. The standard InChI is InChI=1S/C18H25ClN2O2/c1-18(2,3)20-16(22)12-21-10-8-14(9-11-21)17(23)13-4-6-15(19)7-5-13/h4-7,14H,8-12H2,1-3H3,(H,20,22). The number of rotatable bonds is 4. The van der Waals surface area contributed by atoms with E-state index in [1.54, 1.807) is 24.3 Å². The highest BCUT2D eigenvalue weighted by molar-refractivity contribution is 6.30. The Hall–Kier alpha value is -1.39. The third-order valence-electron chi connectivity index (χ3n) is 3.97. The number of carbonyl (C=O) groups excluding carboxylic acids is 2. The SMILES string of the molecule is CC(C)(C)NC(=O)CN1CCC(C(=O)c2ccc(Cl)cc2)CC1. The summed E-state index contributed by atoms with van der Waals surface area (Å²) in [4.78, 5) is 26.6. The van der Waals surface area contributed by atoms with Gasteiger partial charge in [-0.3, -0.25) is 14.5 Å². The average Bonchev–Trinajstić information content (AvgIpc) is 2.46. The van der Waals surface area contributed by atoms with Crippen molar-refractivity contribution in [3.8, 4) is 0 Å². The third kappa shape index (κ3) is 5.63. The Morgan fingerprint density at radius 3 is 2.26 bits per heavy atom. The molecule has 5 heteroatoms. The van der Waals surface area contributed by atoms with E-state index in [1.165, 1.54) is 0 Å². The lowest BCUT2D eigenvalue weighted by molar-refractivity contribution is -0.123. The maximum Gasteiger partial charge on any atom is 0.234 e. The van der Waals surface area contributed by atoms with Gasteiger partial charge in [-0.25, -0.2) is 0 Å². The number of hydrogen-bond acceptors (Lipinski definition) is 3. The Morgan fingerprint density at radius 1 is 1.17 bits per heavy atom. The molecule has 1 aliphatic heterocycles. The van der Waals surface area contributed by atoms with Crippen LogP contribution >= 0.6 is 11.6 Å². The molecule has 1 N–H and O–H groups in total. The lowest BCUT2D eigenvalue weighted by atomic mass is 9.89. The fourth-order valence-corrected chi connectivity index (χ4v) is 2.99. The molecule has 126 valence electrons. The first-order valence-electron chi connectivity index (χ1n) is 8.08. The van der Waals surface area contributed by atoms with Gasteiger partial charge in [-0.2, -0.15) is 0 Å². The maximum absolute atomic E-state index is 12.5. The second-order valence-electron chi connectivity index (χ2n) is 7.22. The van der Waals surface area contributed by atoms with Gasteiger partial charge in [0, 0.05) is 22.0 Å². The summed E-state index contributed by atoms with van der Waals surface area (Å²) in [6.45, 7) is 7.88. The minimum absolute atomic E-state index is 0.0399. The van der Waals surface area contributed by atoms with E-state index in [0.29, 0.717) is 11.6 Å². The lowest BCUT2D eigenvalue weighted by Gasteiger charge is -2.31. The van der Waals surface area contributed by atoms with Crippen molar-refractivity contribution in [2.24, 2.45) is 5.92 Å². The lowest BCUT2D eigenvalue weighted by Crippen LogP contribution is -2.47. The van der Waals surface area contributed by atoms with E-state index in [4.69, 9.17) is 11.6 Å². The van der Waals surface area contributed by atoms with E-state index in [0.717, 1.165) is 31.5 Å². The van der Waals surface area contributed by atoms with Crippen LogP contribution in [0.2, 0.25) is 5.02 Å². The summed E-state index contributed by atoms with van der Waals surface area (Å²) < 4.78 is 0. The molecular formula is C18H25ClN2O2. The first kappa shape index (κ1) is 18.0. The highest BCUT2D eigenvalue weighted by Crippen LogP contribution is 2.22. The molecule has 0 unspecified atom stereocenters. The Labute approximate surface area is 143 Å². The van der Waals surface area contributed by atoms with Crippen molar-refractivity contribution in [3.05, 3.63) is 34.9 Å². The van der Waals surface area contributed by atoms with Crippen LogP contribution in [0.5, 0.6) is 0 Å². The fourth-order valence-electron chi connectivity index (χ4n) is 2.86. The van der Waals surface area contributed by atoms with Crippen molar-refractivity contribution in [3.63, 3.8) is 0 Å². The zero-order chi connectivity index (χ0) is 17.0. The summed E-state index contributed by atoms with van der Waals surface area (Å²) in [5.41, 5.74) is 0.512. The van der Waals surface area contributed by atoms with Gasteiger partial charge in [0.05, 0.1) is 6.54 Å². The molecule has 0 bridgehead atoms. The third-order valence-corrected chi connectivity index (χ3v) is 4.22. The van der Waals surface area contributed by atoms with E-state index in [9.17, 15) is 9.59 Å². The molecular weight excluding hydrogens is 312 g/mol. The van der Waals surface area contributed by atoms with E-state index in [1.807, 2.05) is 20.8 Å². The second kappa shape index (κ2) is 7.45. The molecule has 4 nitrogen and oxygen atoms in total. The van der Waals surface area contributed by atoms with Gasteiger partial charge in [0.25, 0.3) is 0 Å². The van der Waals surface area contributed by atoms with Gasteiger partial charge in [0.1, 0.15) is 0 Å². The Kier molecular flexibility index (Phi) is 5.82. The number of carbonyl (C=O) groups is 2. The van der Waals surface area contributed by atoms with Crippen LogP contribution in [0.4, 0.5) is 0 Å². The number of nitrogens with zero attached hydrogens (tertiary/aromatic N) is 1. The number of benzene rings is 1. The zero-order valence-corrected chi connectivity index (χ0v) is 14.8. The summed E-state index contributed by atoms with van der Waals surface area (Å²) in [7, 11) is 0. The molecule has 1 aromatic carbocycles. The molecule has 1 aromatic rings. The van der Waals surface area contributed by atoms with Crippen molar-refractivity contribution < 1.29 is 9.59 Å². The van der Waals surface area contributed by atoms with Crippen molar-refractivity contribution in [2.75, 3.05) is 19.6 Å². The van der Waals surface area contributed by atoms with Crippen LogP contribution in [-0.4, -0.2) is 41.8 Å². The van der Waals surface area contributed by atoms with E-state index in [2.05, 4.69) is 10.2 Å². The molecule has 1 heterocycles. The van der Waals surface area contributed by atoms with Crippen LogP contribution in [0, 0.1) is 5.92 Å². The number of piperidine rings is 1. The van der Waals surface area contributed by atoms with Gasteiger partial charge in [-0.1, -0.05) is 11.6 Å². The van der Waals surface area contributed by atoms with Crippen LogP contribution < -0.4 is 5.32 Å². The summed E-state index contributed by atoms with van der Waals surface area (Å²) in [5.74, 6) is 0.263. The Bertz CT molecular complexity index is 555. The Morgan fingerprint density at radius 2 is 1.74 bits per heavy atom. The van der Waals surface area contributed by atoms with Crippen LogP contribution in [0.3, 0.4) is 0 Å². The van der Waals surface area contributed by atoms with Crippen LogP contribution in [0.15, 0.2) is 24.3 Å². The van der Waals surface area contributed by atoms with Gasteiger partial charge in [-0.05, 0) is 71.0 Å². The van der Waals surface area contributed by atoms with Crippen molar-refractivity contribution in [2.45, 2.75) is 39.2 Å². The molecule has 1 amide bonds. The number of hydrogen-bond donors (Lipinski definition) is 1. The van der Waals surface area contributed by atoms with Gasteiger partial charge >= 0.3 is 0 Å². The predicted octanol–water partition coefficient (Wildman–Crippen LogP) is 3.15. The summed E-state index contributed by atoms with van der Waals surface area (Å²) in [6.07, 6.45) is 1.59. The predicted molar refractivity (Wildman–Crippen MR) is 92.8 cm³/mol. The van der Waals surface area contributed by atoms with Crippen molar-refractivity contribution in [1.82, 2.24) is 10.2 Å². The summed E-state index contributed by atoms with van der Waals surface area (Å²) in [5, 5.41) is 3.61. The maximum atomic E-state index is 12.5. The topological polar surface area (TPSA) is 49.4 Å². The largest absolute Gasteiger partial charge is 0.350 e. The molecule has 1 aliphatic rings. The number of likely N-dealkylation sites (tertiary alicyclic amines) is 1. The number of Topliss-reactive ketones (excluding diaryl/α,β-unsaturated/α-hetero) is 1. The highest BCUT2D eigenvalue weighted by Gasteiger charge is 2.27. The minimum Gasteiger partial charge on any atom is -0.350 e. The Balaban J connectivity index is 1.83. The van der Waals surface area contributed by atoms with Crippen molar-refractivity contribution >= 4 is 23.3 Å². The van der Waals surface area contributed by atoms with Crippen LogP contribution in [0.1, 0.15) is 44.0 Å². The van der Waals surface area contributed by atoms with Crippen molar-refractivity contribution in [1.29, 1.82) is 0 Å². The molecule has 0 aliphatic carbocycles. The van der Waals surface area contributed by atoms with Gasteiger partial charge in [-0.15, -0.1) is 0 Å². The minimum atomic E-state index is -0.208. The number of ketones is 1. The first-order chi connectivity index (χ1) is 10.7. The number of amides is 1. The molecule has 0 spiro atoms. The smallest absolute Gasteiger partial charge is 0.234 e. The molecule has 2 rings (SSSR count). The van der Waals surface area contributed by atoms with Gasteiger partial charge in [0.15, 0.2) is 5.78 Å². The molecule has 1 saturated heterocycles. The molecule has 23 heavy (non-hydrogen) atoms. The highest BCUT2D eigenvalue weighted by atomic mass is 35.5. The van der Waals surface area contributed by atoms with Crippen LogP contribution in [0.25, 0.3) is 0 Å². The zero-order valence-electron chi connectivity index (χ0n) is 14.1. The van der Waals surface area contributed by atoms with E-state index < -0.39 is 0 Å². The molecule has 0 aromatic heterocycles. The normalized spacial score (nSPS) is 17.0. The summed E-state index contributed by atoms with van der Waals surface area (Å²) in [6, 6.07) is 7.07. The monoisotopic (exact) mass is 336 g/mol. The molecule has 0 saturated carbocycles. The van der Waals surface area contributed by atoms with E-state index in [-0.39, 0.29) is 23.1 Å². The van der Waals surface area contributed by atoms with E-state index >= 15 is 0 Å². The molecule has 1 fully saturated rings. The second-order valence-corrected chi connectivity index (χ2v) is 7.66. The molecule has 0 radical (unpaired) electrons. The number of nitrogens with one attached hydrogen (secondary N) is 1. The average molecular weight is 337 g/mol. The van der Waals surface area contributed by atoms with Crippen LogP contribution in [-0.2, 0) is 4.79 Å².